The van der Waals surface area contributed by atoms with Crippen molar-refractivity contribution in [3.8, 4) is 124 Å². The minimum Gasteiger partial charge on any atom is -0.309 e. The highest BCUT2D eigenvalue weighted by atomic mass is 15.0. The minimum absolute atomic E-state index is 0.127. The molecule has 0 N–H and O–H groups in total. The summed E-state index contributed by atoms with van der Waals surface area (Å²) in [5.74, 6) is 1.99. The van der Waals surface area contributed by atoms with Gasteiger partial charge in [-0.3, -0.25) is 0 Å². The summed E-state index contributed by atoms with van der Waals surface area (Å²) in [5.41, 5.74) is 36.3. The predicted octanol–water partition coefficient (Wildman–Crippen LogP) is 32.0. The van der Waals surface area contributed by atoms with Gasteiger partial charge < -0.3 is 18.3 Å². The fourth-order valence-electron chi connectivity index (χ4n) is 21.1. The maximum Gasteiger partial charge on any atom is 0.160 e. The van der Waals surface area contributed by atoms with Gasteiger partial charge in [-0.15, -0.1) is 0 Å². The Bertz CT molecular complexity index is 8660. The molecular weight excluding hydrogens is 1610 g/mol. The molecule has 0 saturated carbocycles. The van der Waals surface area contributed by atoms with E-state index >= 15 is 0 Å². The number of para-hydroxylation sites is 6. The molecule has 0 saturated heterocycles. The molecule has 24 aromatic rings. The van der Waals surface area contributed by atoms with Crippen molar-refractivity contribution in [1.82, 2.24) is 38.2 Å². The lowest BCUT2D eigenvalue weighted by Gasteiger charge is -2.31. The van der Waals surface area contributed by atoms with Crippen molar-refractivity contribution in [2.24, 2.45) is 5.92 Å². The van der Waals surface area contributed by atoms with Gasteiger partial charge in [-0.05, 0) is 218 Å². The van der Waals surface area contributed by atoms with Gasteiger partial charge in [0.2, 0.25) is 0 Å². The van der Waals surface area contributed by atoms with Crippen molar-refractivity contribution < 1.29 is 0 Å². The van der Waals surface area contributed by atoms with Gasteiger partial charge in [0.15, 0.2) is 11.6 Å². The SMILES string of the molecule is CC1(C)c2cc(-n3c4ccccc4c4cc(-c5ccc6c(c5)c5ccccc5n6-c5ccccc5)ccc43)ccc2C2C=CC(c3cc(-c4ccccc4)nc(-c4ccccc4)n3)=CC21.c1ccc(-c2cc(-c3cccc(-c4cccc(-c5cccc(-n6c7ccccc7c7cc(-c8ccc9c(c8)c8ccccc8n9-c8ccccc8)ccc76)c5)c4)c3)nc(-c3ccccc3)n2)cc1. The van der Waals surface area contributed by atoms with Crippen LogP contribution in [0.15, 0.2) is 473 Å². The van der Waals surface area contributed by atoms with Crippen molar-refractivity contribution in [2.75, 3.05) is 0 Å². The second-order valence-electron chi connectivity index (χ2n) is 35.6. The number of hydrogen-bond donors (Lipinski definition) is 0. The van der Waals surface area contributed by atoms with Crippen LogP contribution in [-0.4, -0.2) is 38.2 Å². The minimum atomic E-state index is -0.127. The van der Waals surface area contributed by atoms with E-state index in [-0.39, 0.29) is 17.3 Å². The molecule has 18 aromatic carbocycles. The third-order valence-corrected chi connectivity index (χ3v) is 27.5. The summed E-state index contributed by atoms with van der Waals surface area (Å²) in [6.07, 6.45) is 7.18. The van der Waals surface area contributed by atoms with Crippen molar-refractivity contribution in [3.05, 3.63) is 490 Å². The fourth-order valence-corrected chi connectivity index (χ4v) is 21.1. The van der Waals surface area contributed by atoms with Crippen LogP contribution in [0.2, 0.25) is 0 Å². The van der Waals surface area contributed by atoms with E-state index in [0.29, 0.717) is 5.82 Å². The molecule has 8 heteroatoms. The Morgan fingerprint density at radius 1 is 0.211 bits per heavy atom. The van der Waals surface area contributed by atoms with E-state index in [1.54, 1.807) is 0 Å². The molecule has 6 aromatic heterocycles. The number of benzene rings is 18. The molecule has 0 radical (unpaired) electrons. The maximum atomic E-state index is 5.20. The molecule has 0 bridgehead atoms. The van der Waals surface area contributed by atoms with Gasteiger partial charge in [-0.25, -0.2) is 19.9 Å². The van der Waals surface area contributed by atoms with Gasteiger partial charge in [0, 0.05) is 99.6 Å². The van der Waals surface area contributed by atoms with Gasteiger partial charge in [0.25, 0.3) is 0 Å². The molecule has 133 heavy (non-hydrogen) atoms. The Balaban J connectivity index is 0.000000143. The predicted molar refractivity (Wildman–Crippen MR) is 553 cm³/mol. The second kappa shape index (κ2) is 32.2. The van der Waals surface area contributed by atoms with Crippen LogP contribution in [0, 0.1) is 5.92 Å². The van der Waals surface area contributed by atoms with E-state index in [4.69, 9.17) is 19.9 Å². The average molecular weight is 1700 g/mol. The van der Waals surface area contributed by atoms with Crippen LogP contribution in [0.3, 0.4) is 0 Å². The molecule has 8 nitrogen and oxygen atoms in total. The molecule has 2 aliphatic carbocycles. The first-order valence-corrected chi connectivity index (χ1v) is 45.8. The molecule has 6 heterocycles. The summed E-state index contributed by atoms with van der Waals surface area (Å²) in [7, 11) is 0. The van der Waals surface area contributed by atoms with E-state index in [9.17, 15) is 0 Å². The first-order valence-electron chi connectivity index (χ1n) is 45.8. The molecule has 0 amide bonds. The first-order chi connectivity index (χ1) is 65.7. The lowest BCUT2D eigenvalue weighted by Crippen LogP contribution is -2.25. The van der Waals surface area contributed by atoms with E-state index in [2.05, 4.69) is 469 Å². The summed E-state index contributed by atoms with van der Waals surface area (Å²) in [5, 5.41) is 9.99. The van der Waals surface area contributed by atoms with Crippen LogP contribution in [0.4, 0.5) is 0 Å². The standard InChI is InChI=1S/C64H42N4.C61H44N4/c1-4-17-43(18-5-1)58-42-59(66-64(65-58)44-19-6-2-7-20-44)51-25-15-23-47(38-51)45-21-14-22-46(37-45)48-24-16-28-53(39-48)68-61-32-13-11-30-55(61)57-41-50(34-36-63(57)68)49-33-35-62-56(40-49)54-29-10-12-31-60(54)67(62)52-26-8-3-9-27-52;1-61(2)52-36-43(55-38-54(39-16-6-3-7-17-39)62-60(63-55)40-18-8-4-9-19-40)26-30-46(52)47-31-29-45(37-53(47)61)65-57-25-15-13-23-49(57)51-35-42(28-33-59(51)65)41-27-32-58-50(34-41)48-22-12-14-24-56(48)64(58)44-20-10-5-11-21-44/h1-42H;3-38,46,52H,1-2H3. The van der Waals surface area contributed by atoms with Gasteiger partial charge in [-0.1, -0.05) is 341 Å². The largest absolute Gasteiger partial charge is 0.309 e. The smallest absolute Gasteiger partial charge is 0.160 e. The van der Waals surface area contributed by atoms with Crippen molar-refractivity contribution in [3.63, 3.8) is 0 Å². The number of hydrogen-bond acceptors (Lipinski definition) is 4. The third-order valence-electron chi connectivity index (χ3n) is 27.5. The Morgan fingerprint density at radius 3 is 0.925 bits per heavy atom. The normalized spacial score (nSPS) is 13.9. The summed E-state index contributed by atoms with van der Waals surface area (Å²) >= 11 is 0. The highest BCUT2D eigenvalue weighted by molar-refractivity contribution is 6.15. The Hall–Kier alpha value is -17.2. The van der Waals surface area contributed by atoms with Crippen LogP contribution in [0.1, 0.15) is 36.6 Å². The second-order valence-corrected chi connectivity index (χ2v) is 35.6. The number of allylic oxidation sites excluding steroid dienone is 4. The molecule has 2 unspecified atom stereocenters. The molecule has 0 fully saturated rings. The summed E-state index contributed by atoms with van der Waals surface area (Å²) in [4.78, 5) is 20.4. The van der Waals surface area contributed by atoms with E-state index < -0.39 is 0 Å². The van der Waals surface area contributed by atoms with Crippen LogP contribution in [-0.2, 0) is 5.41 Å². The quantitative estimate of drug-likeness (QED) is 0.109. The van der Waals surface area contributed by atoms with Crippen LogP contribution in [0.25, 0.3) is 217 Å². The summed E-state index contributed by atoms with van der Waals surface area (Å²) in [6.45, 7) is 4.84. The third kappa shape index (κ3) is 13.7. The lowest BCUT2D eigenvalue weighted by atomic mass is 9.73. The Morgan fingerprint density at radius 2 is 0.504 bits per heavy atom. The van der Waals surface area contributed by atoms with E-state index in [1.807, 2.05) is 36.4 Å². The van der Waals surface area contributed by atoms with E-state index in [0.717, 1.165) is 95.6 Å². The number of rotatable bonds is 14. The maximum absolute atomic E-state index is 5.20. The van der Waals surface area contributed by atoms with Crippen LogP contribution in [0.5, 0.6) is 0 Å². The van der Waals surface area contributed by atoms with Crippen molar-refractivity contribution in [2.45, 2.75) is 25.2 Å². The zero-order valence-corrected chi connectivity index (χ0v) is 73.3. The summed E-state index contributed by atoms with van der Waals surface area (Å²) in [6, 6.07) is 164. The first kappa shape index (κ1) is 78.1. The van der Waals surface area contributed by atoms with Crippen LogP contribution < -0.4 is 0 Å². The van der Waals surface area contributed by atoms with Crippen molar-refractivity contribution in [1.29, 1.82) is 0 Å². The summed E-state index contributed by atoms with van der Waals surface area (Å²) < 4.78 is 9.64. The highest BCUT2D eigenvalue weighted by Gasteiger charge is 2.46. The van der Waals surface area contributed by atoms with Crippen molar-refractivity contribution >= 4 is 92.8 Å². The molecule has 626 valence electrons. The average Bonchev–Trinajstić information content (AvgIpc) is 1.56. The van der Waals surface area contributed by atoms with Gasteiger partial charge >= 0.3 is 0 Å². The molecule has 0 aliphatic heterocycles. The number of aromatic nitrogens is 8. The lowest BCUT2D eigenvalue weighted by molar-refractivity contribution is 0.395. The van der Waals surface area contributed by atoms with Gasteiger partial charge in [0.05, 0.1) is 66.9 Å². The fraction of sp³-hybridized carbons (Fsp3) is 0.0400. The topological polar surface area (TPSA) is 71.3 Å². The van der Waals surface area contributed by atoms with Gasteiger partial charge in [0.1, 0.15) is 0 Å². The van der Waals surface area contributed by atoms with Crippen LogP contribution >= 0.6 is 0 Å². The Kier molecular flexibility index (Phi) is 18.9. The molecule has 0 spiro atoms. The molecule has 26 rings (SSSR count). The molecule has 2 aliphatic rings. The Labute approximate surface area is 770 Å². The zero-order valence-electron chi connectivity index (χ0n) is 73.3. The molecule has 2 atom stereocenters. The van der Waals surface area contributed by atoms with Gasteiger partial charge in [-0.2, -0.15) is 0 Å². The molecular formula is C125H86N8. The zero-order chi connectivity index (χ0) is 88.2. The highest BCUT2D eigenvalue weighted by Crippen LogP contribution is 2.56. The number of fused-ring (bicyclic) bond motifs is 15. The van der Waals surface area contributed by atoms with E-state index in [1.165, 1.54) is 132 Å². The number of nitrogens with zero attached hydrogens (tertiary/aromatic N) is 8. The monoisotopic (exact) mass is 1700 g/mol.